The highest BCUT2D eigenvalue weighted by Gasteiger charge is 2.67. The van der Waals surface area contributed by atoms with E-state index in [0.29, 0.717) is 17.8 Å². The lowest BCUT2D eigenvalue weighted by Gasteiger charge is -2.59. The summed E-state index contributed by atoms with van der Waals surface area (Å²) in [4.78, 5) is 2.81. The topological polar surface area (TPSA) is 63.9 Å². The van der Waals surface area contributed by atoms with E-state index in [1.807, 2.05) is 0 Å². The maximum Gasteiger partial charge on any atom is 0.0711 e. The molecule has 6 fully saturated rings. The molecule has 0 aromatic carbocycles. The molecule has 176 valence electrons. The highest BCUT2D eigenvalue weighted by molar-refractivity contribution is 5.17. The third-order valence-corrected chi connectivity index (χ3v) is 12.1. The zero-order valence-corrected chi connectivity index (χ0v) is 19.9. The van der Waals surface area contributed by atoms with Crippen LogP contribution in [0.2, 0.25) is 0 Å². The minimum Gasteiger partial charge on any atom is -0.393 e. The smallest absolute Gasteiger partial charge is 0.0711 e. The Balaban J connectivity index is 1.32. The number of hydrogen-bond donors (Lipinski definition) is 3. The van der Waals surface area contributed by atoms with Crippen LogP contribution in [-0.4, -0.2) is 57.2 Å². The molecular formula is C27H45NO3. The van der Waals surface area contributed by atoms with Crippen molar-refractivity contribution in [1.82, 2.24) is 4.90 Å². The number of rotatable bonds is 0. The van der Waals surface area contributed by atoms with Crippen LogP contribution in [0.5, 0.6) is 0 Å². The van der Waals surface area contributed by atoms with Crippen molar-refractivity contribution in [3.8, 4) is 0 Å². The minimum absolute atomic E-state index is 0.0760. The van der Waals surface area contributed by atoms with Crippen molar-refractivity contribution in [2.45, 2.75) is 102 Å². The van der Waals surface area contributed by atoms with E-state index in [4.69, 9.17) is 0 Å². The molecule has 2 heterocycles. The monoisotopic (exact) mass is 431 g/mol. The maximum absolute atomic E-state index is 12.3. The van der Waals surface area contributed by atoms with Crippen molar-refractivity contribution < 1.29 is 15.3 Å². The van der Waals surface area contributed by atoms with Crippen LogP contribution in [0.25, 0.3) is 0 Å². The molecular weight excluding hydrogens is 386 g/mol. The molecule has 0 spiro atoms. The van der Waals surface area contributed by atoms with E-state index in [-0.39, 0.29) is 29.5 Å². The summed E-state index contributed by atoms with van der Waals surface area (Å²) in [5.41, 5.74) is -0.503. The predicted molar refractivity (Wildman–Crippen MR) is 121 cm³/mol. The van der Waals surface area contributed by atoms with E-state index in [1.165, 1.54) is 32.4 Å². The first-order valence-electron chi connectivity index (χ1n) is 13.5. The Bertz CT molecular complexity index is 713. The fourth-order valence-electron chi connectivity index (χ4n) is 10.6. The van der Waals surface area contributed by atoms with Crippen molar-refractivity contribution in [3.05, 3.63) is 0 Å². The highest BCUT2D eigenvalue weighted by atomic mass is 16.3. The Labute approximate surface area is 188 Å². The largest absolute Gasteiger partial charge is 0.393 e. The lowest BCUT2D eigenvalue weighted by Crippen LogP contribution is -2.62. The predicted octanol–water partition coefficient (Wildman–Crippen LogP) is 3.68. The molecule has 4 saturated carbocycles. The van der Waals surface area contributed by atoms with Crippen molar-refractivity contribution >= 4 is 0 Å². The number of hydrogen-bond acceptors (Lipinski definition) is 4. The van der Waals surface area contributed by atoms with E-state index >= 15 is 0 Å². The third kappa shape index (κ3) is 2.93. The van der Waals surface area contributed by atoms with Gasteiger partial charge in [-0.3, -0.25) is 4.90 Å². The second kappa shape index (κ2) is 7.17. The molecule has 13 atom stereocenters. The summed E-state index contributed by atoms with van der Waals surface area (Å²) >= 11 is 0. The summed E-state index contributed by atoms with van der Waals surface area (Å²) in [5.74, 6) is 4.30. The zero-order chi connectivity index (χ0) is 21.7. The first-order valence-corrected chi connectivity index (χ1v) is 13.5. The number of fused-ring (bicyclic) bond motifs is 8. The van der Waals surface area contributed by atoms with Crippen LogP contribution in [0.4, 0.5) is 0 Å². The van der Waals surface area contributed by atoms with Crippen molar-refractivity contribution in [1.29, 1.82) is 0 Å². The second-order valence-corrected chi connectivity index (χ2v) is 13.3. The first-order chi connectivity index (χ1) is 14.7. The normalized spacial score (nSPS) is 61.5. The molecule has 31 heavy (non-hydrogen) atoms. The second-order valence-electron chi connectivity index (χ2n) is 13.3. The summed E-state index contributed by atoms with van der Waals surface area (Å²) < 4.78 is 0. The molecule has 4 nitrogen and oxygen atoms in total. The van der Waals surface area contributed by atoms with Gasteiger partial charge in [-0.2, -0.15) is 0 Å². The number of aliphatic hydroxyl groups is 3. The number of nitrogens with zero attached hydrogens (tertiary/aromatic N) is 1. The fraction of sp³-hybridized carbons (Fsp3) is 1.00. The fourth-order valence-corrected chi connectivity index (χ4v) is 10.6. The summed E-state index contributed by atoms with van der Waals surface area (Å²) in [6, 6.07) is 0.760. The number of piperidine rings is 2. The quantitative estimate of drug-likeness (QED) is 0.547. The van der Waals surface area contributed by atoms with Gasteiger partial charge in [0.25, 0.3) is 0 Å². The molecule has 3 N–H and O–H groups in total. The SMILES string of the molecule is C[C@@H]1CC[C@H]2[C@H](C)[C@H]3CC[C@@]4(O)C5C[C@@H](O)[C@H]6C[C@H](O)CC[C@]6(C)C5C[C@H]4[C@@H]3CN2C1. The minimum atomic E-state index is -0.579. The maximum atomic E-state index is 12.3. The molecule has 0 aromatic heterocycles. The van der Waals surface area contributed by atoms with Crippen LogP contribution >= 0.6 is 0 Å². The molecule has 0 aromatic rings. The summed E-state index contributed by atoms with van der Waals surface area (Å²) in [7, 11) is 0. The summed E-state index contributed by atoms with van der Waals surface area (Å²) in [5, 5.41) is 33.8. The van der Waals surface area contributed by atoms with Gasteiger partial charge in [0.05, 0.1) is 17.8 Å². The highest BCUT2D eigenvalue weighted by Crippen LogP contribution is 2.68. The van der Waals surface area contributed by atoms with Gasteiger partial charge in [-0.1, -0.05) is 20.8 Å². The van der Waals surface area contributed by atoms with Gasteiger partial charge < -0.3 is 15.3 Å². The average Bonchev–Trinajstić information content (AvgIpc) is 3.03. The average molecular weight is 432 g/mol. The Morgan fingerprint density at radius 3 is 2.39 bits per heavy atom. The lowest BCUT2D eigenvalue weighted by atomic mass is 9.50. The molecule has 0 bridgehead atoms. The van der Waals surface area contributed by atoms with Crippen LogP contribution in [0.1, 0.15) is 78.6 Å². The number of aliphatic hydroxyl groups excluding tert-OH is 2. The molecule has 0 amide bonds. The van der Waals surface area contributed by atoms with E-state index in [1.54, 1.807) is 0 Å². The summed E-state index contributed by atoms with van der Waals surface area (Å²) in [6.07, 6.45) is 8.78. The van der Waals surface area contributed by atoms with Crippen molar-refractivity contribution in [3.63, 3.8) is 0 Å². The van der Waals surface area contributed by atoms with E-state index in [2.05, 4.69) is 25.7 Å². The van der Waals surface area contributed by atoms with Crippen LogP contribution in [0, 0.1) is 52.8 Å². The van der Waals surface area contributed by atoms with Crippen LogP contribution in [0.15, 0.2) is 0 Å². The first kappa shape index (κ1) is 21.4. The molecule has 2 aliphatic heterocycles. The Morgan fingerprint density at radius 2 is 1.58 bits per heavy atom. The Hall–Kier alpha value is -0.160. The molecule has 4 heteroatoms. The van der Waals surface area contributed by atoms with E-state index < -0.39 is 5.60 Å². The Kier molecular flexibility index (Phi) is 4.94. The van der Waals surface area contributed by atoms with Crippen LogP contribution < -0.4 is 0 Å². The van der Waals surface area contributed by atoms with Gasteiger partial charge in [0, 0.05) is 19.1 Å². The van der Waals surface area contributed by atoms with Crippen LogP contribution in [0.3, 0.4) is 0 Å². The van der Waals surface area contributed by atoms with E-state index in [9.17, 15) is 15.3 Å². The summed E-state index contributed by atoms with van der Waals surface area (Å²) in [6.45, 7) is 9.76. The van der Waals surface area contributed by atoms with Gasteiger partial charge in [-0.25, -0.2) is 0 Å². The molecule has 2 unspecified atom stereocenters. The van der Waals surface area contributed by atoms with Gasteiger partial charge >= 0.3 is 0 Å². The molecule has 6 rings (SSSR count). The van der Waals surface area contributed by atoms with Crippen molar-refractivity contribution in [2.75, 3.05) is 13.1 Å². The lowest BCUT2D eigenvalue weighted by molar-refractivity contribution is -0.176. The van der Waals surface area contributed by atoms with Crippen LogP contribution in [-0.2, 0) is 0 Å². The standard InChI is InChI=1S/C27H45NO3/c1-15-4-5-24-16(2)18-7-9-27(31)20(19(18)14-28(24)13-15)11-21-22(27)12-25(30)23-10-17(29)6-8-26(21,23)3/h15-25,29-31H,4-14H2,1-3H3/t15-,16-,17-,18-,19-,20+,21?,22?,23-,24+,25-,26-,27+/m1/s1. The molecule has 2 saturated heterocycles. The van der Waals surface area contributed by atoms with Gasteiger partial charge in [-0.05, 0) is 111 Å². The van der Waals surface area contributed by atoms with E-state index in [0.717, 1.165) is 62.3 Å². The molecule has 4 aliphatic carbocycles. The van der Waals surface area contributed by atoms with Gasteiger partial charge in [0.2, 0.25) is 0 Å². The van der Waals surface area contributed by atoms with Crippen molar-refractivity contribution in [2.24, 2.45) is 52.8 Å². The zero-order valence-electron chi connectivity index (χ0n) is 19.9. The molecule has 6 aliphatic rings. The van der Waals surface area contributed by atoms with Gasteiger partial charge in [0.1, 0.15) is 0 Å². The van der Waals surface area contributed by atoms with Gasteiger partial charge in [0.15, 0.2) is 0 Å². The third-order valence-electron chi connectivity index (χ3n) is 12.1. The van der Waals surface area contributed by atoms with Gasteiger partial charge in [-0.15, -0.1) is 0 Å². The Morgan fingerprint density at radius 1 is 0.774 bits per heavy atom. The molecule has 0 radical (unpaired) electrons.